The van der Waals surface area contributed by atoms with Crippen molar-refractivity contribution < 1.29 is 4.52 Å². The fourth-order valence-corrected chi connectivity index (χ4v) is 2.52. The summed E-state index contributed by atoms with van der Waals surface area (Å²) in [6, 6.07) is 10.6. The molecule has 1 heterocycles. The van der Waals surface area contributed by atoms with E-state index in [9.17, 15) is 0 Å². The van der Waals surface area contributed by atoms with Crippen molar-refractivity contribution in [3.8, 4) is 0 Å². The van der Waals surface area contributed by atoms with Crippen molar-refractivity contribution in [1.82, 2.24) is 15.5 Å². The van der Waals surface area contributed by atoms with E-state index in [4.69, 9.17) is 4.52 Å². The van der Waals surface area contributed by atoms with Gasteiger partial charge in [-0.15, -0.1) is 0 Å². The normalized spacial score (nSPS) is 14.0. The highest BCUT2D eigenvalue weighted by atomic mass is 16.5. The average molecular weight is 287 g/mol. The van der Waals surface area contributed by atoms with Gasteiger partial charge in [0.1, 0.15) is 0 Å². The van der Waals surface area contributed by atoms with Crippen molar-refractivity contribution in [2.75, 3.05) is 6.54 Å². The SMILES string of the molecule is CCCNC(C)C(CC)c1nc(Cc2ccccc2)no1. The van der Waals surface area contributed by atoms with E-state index >= 15 is 0 Å². The number of nitrogens with one attached hydrogen (secondary N) is 1. The van der Waals surface area contributed by atoms with Gasteiger partial charge < -0.3 is 9.84 Å². The van der Waals surface area contributed by atoms with Gasteiger partial charge in [0.15, 0.2) is 5.82 Å². The molecule has 1 aromatic heterocycles. The molecule has 0 aliphatic rings. The number of benzene rings is 1. The van der Waals surface area contributed by atoms with Crippen molar-refractivity contribution >= 4 is 0 Å². The third kappa shape index (κ3) is 4.39. The molecule has 1 N–H and O–H groups in total. The van der Waals surface area contributed by atoms with E-state index in [1.165, 1.54) is 5.56 Å². The molecule has 0 spiro atoms. The molecule has 1 aromatic carbocycles. The molecule has 0 bridgehead atoms. The van der Waals surface area contributed by atoms with E-state index in [2.05, 4.69) is 48.4 Å². The second-order valence-corrected chi connectivity index (χ2v) is 5.47. The van der Waals surface area contributed by atoms with Gasteiger partial charge in [-0.3, -0.25) is 0 Å². The zero-order valence-electron chi connectivity index (χ0n) is 13.2. The third-order valence-electron chi connectivity index (χ3n) is 3.77. The molecule has 2 rings (SSSR count). The van der Waals surface area contributed by atoms with Crippen LogP contribution in [0.2, 0.25) is 0 Å². The summed E-state index contributed by atoms with van der Waals surface area (Å²) in [5.41, 5.74) is 1.20. The molecule has 0 saturated heterocycles. The van der Waals surface area contributed by atoms with Crippen LogP contribution < -0.4 is 5.32 Å². The summed E-state index contributed by atoms with van der Waals surface area (Å²) in [6.07, 6.45) is 2.84. The minimum absolute atomic E-state index is 0.272. The largest absolute Gasteiger partial charge is 0.339 e. The highest BCUT2D eigenvalue weighted by molar-refractivity contribution is 5.18. The van der Waals surface area contributed by atoms with Crippen molar-refractivity contribution in [3.63, 3.8) is 0 Å². The van der Waals surface area contributed by atoms with Crippen molar-refractivity contribution in [3.05, 3.63) is 47.6 Å². The number of hydrogen-bond donors (Lipinski definition) is 1. The van der Waals surface area contributed by atoms with Crippen LogP contribution >= 0.6 is 0 Å². The van der Waals surface area contributed by atoms with Crippen molar-refractivity contribution in [2.45, 2.75) is 52.0 Å². The van der Waals surface area contributed by atoms with Crippen LogP contribution in [0.15, 0.2) is 34.9 Å². The van der Waals surface area contributed by atoms with Crippen molar-refractivity contribution in [1.29, 1.82) is 0 Å². The lowest BCUT2D eigenvalue weighted by Gasteiger charge is -2.20. The molecule has 0 aliphatic heterocycles. The molecule has 4 heteroatoms. The standard InChI is InChI=1S/C17H25N3O/c1-4-11-18-13(3)15(5-2)17-19-16(20-21-17)12-14-9-7-6-8-10-14/h6-10,13,15,18H,4-5,11-12H2,1-3H3. The van der Waals surface area contributed by atoms with E-state index in [0.29, 0.717) is 6.04 Å². The molecule has 2 atom stereocenters. The number of nitrogens with zero attached hydrogens (tertiary/aromatic N) is 2. The van der Waals surface area contributed by atoms with Crippen molar-refractivity contribution in [2.24, 2.45) is 0 Å². The Kier molecular flexibility index (Phi) is 5.93. The van der Waals surface area contributed by atoms with Crippen LogP contribution in [0.25, 0.3) is 0 Å². The van der Waals surface area contributed by atoms with E-state index in [1.807, 2.05) is 18.2 Å². The average Bonchev–Trinajstić information content (AvgIpc) is 2.95. The molecule has 2 aromatic rings. The van der Waals surface area contributed by atoms with Gasteiger partial charge in [-0.2, -0.15) is 4.98 Å². The Morgan fingerprint density at radius 2 is 1.95 bits per heavy atom. The molecule has 0 saturated carbocycles. The van der Waals surface area contributed by atoms with Gasteiger partial charge in [-0.1, -0.05) is 49.3 Å². The first-order valence-corrected chi connectivity index (χ1v) is 7.84. The maximum Gasteiger partial charge on any atom is 0.231 e. The van der Waals surface area contributed by atoms with Crippen LogP contribution in [0.5, 0.6) is 0 Å². The molecule has 0 fully saturated rings. The number of hydrogen-bond acceptors (Lipinski definition) is 4. The first-order valence-electron chi connectivity index (χ1n) is 7.84. The summed E-state index contributed by atoms with van der Waals surface area (Å²) >= 11 is 0. The van der Waals surface area contributed by atoms with Crippen LogP contribution in [-0.4, -0.2) is 22.7 Å². The summed E-state index contributed by atoms with van der Waals surface area (Å²) < 4.78 is 5.49. The summed E-state index contributed by atoms with van der Waals surface area (Å²) in [4.78, 5) is 4.59. The topological polar surface area (TPSA) is 51.0 Å². The lowest BCUT2D eigenvalue weighted by atomic mass is 9.98. The molecule has 0 amide bonds. The Bertz CT molecular complexity index is 524. The van der Waals surface area contributed by atoms with Crippen LogP contribution in [0.4, 0.5) is 0 Å². The smallest absolute Gasteiger partial charge is 0.231 e. The van der Waals surface area contributed by atoms with E-state index < -0.39 is 0 Å². The van der Waals surface area contributed by atoms with Crippen LogP contribution in [0.3, 0.4) is 0 Å². The third-order valence-corrected chi connectivity index (χ3v) is 3.77. The van der Waals surface area contributed by atoms with E-state index in [-0.39, 0.29) is 5.92 Å². The van der Waals surface area contributed by atoms with Gasteiger partial charge >= 0.3 is 0 Å². The summed E-state index contributed by atoms with van der Waals surface area (Å²) in [5, 5.41) is 7.64. The molecule has 0 radical (unpaired) electrons. The summed E-state index contributed by atoms with van der Waals surface area (Å²) in [7, 11) is 0. The van der Waals surface area contributed by atoms with Gasteiger partial charge in [0.25, 0.3) is 0 Å². The van der Waals surface area contributed by atoms with E-state index in [1.54, 1.807) is 0 Å². The van der Waals surface area contributed by atoms with Gasteiger partial charge in [0.2, 0.25) is 5.89 Å². The zero-order valence-corrected chi connectivity index (χ0v) is 13.2. The molecule has 21 heavy (non-hydrogen) atoms. The lowest BCUT2D eigenvalue weighted by molar-refractivity contribution is 0.314. The second kappa shape index (κ2) is 7.93. The predicted molar refractivity (Wildman–Crippen MR) is 84.3 cm³/mol. The molecule has 4 nitrogen and oxygen atoms in total. The minimum atomic E-state index is 0.272. The molecule has 2 unspecified atom stereocenters. The second-order valence-electron chi connectivity index (χ2n) is 5.47. The maximum absolute atomic E-state index is 5.49. The monoisotopic (exact) mass is 287 g/mol. The highest BCUT2D eigenvalue weighted by Crippen LogP contribution is 2.22. The summed E-state index contributed by atoms with van der Waals surface area (Å²) in [6.45, 7) is 7.54. The highest BCUT2D eigenvalue weighted by Gasteiger charge is 2.23. The van der Waals surface area contributed by atoms with Gasteiger partial charge in [-0.05, 0) is 31.9 Å². The zero-order chi connectivity index (χ0) is 15.1. The fourth-order valence-electron chi connectivity index (χ4n) is 2.52. The first kappa shape index (κ1) is 15.7. The number of rotatable bonds is 8. The van der Waals surface area contributed by atoms with Crippen LogP contribution in [0, 0.1) is 0 Å². The Labute approximate surface area is 127 Å². The van der Waals surface area contributed by atoms with Crippen LogP contribution in [0.1, 0.15) is 56.8 Å². The Morgan fingerprint density at radius 3 is 2.62 bits per heavy atom. The molecular formula is C17H25N3O. The lowest BCUT2D eigenvalue weighted by Crippen LogP contribution is -2.32. The van der Waals surface area contributed by atoms with Gasteiger partial charge in [0, 0.05) is 12.5 Å². The van der Waals surface area contributed by atoms with Crippen LogP contribution in [-0.2, 0) is 6.42 Å². The quantitative estimate of drug-likeness (QED) is 0.807. The van der Waals surface area contributed by atoms with E-state index in [0.717, 1.165) is 37.5 Å². The van der Waals surface area contributed by atoms with Gasteiger partial charge in [-0.25, -0.2) is 0 Å². The molecule has 114 valence electrons. The Morgan fingerprint density at radius 1 is 1.19 bits per heavy atom. The molecular weight excluding hydrogens is 262 g/mol. The summed E-state index contributed by atoms with van der Waals surface area (Å²) in [5.74, 6) is 1.78. The number of aromatic nitrogens is 2. The minimum Gasteiger partial charge on any atom is -0.339 e. The predicted octanol–water partition coefficient (Wildman–Crippen LogP) is 3.54. The molecule has 0 aliphatic carbocycles. The Hall–Kier alpha value is -1.68. The maximum atomic E-state index is 5.49. The first-order chi connectivity index (χ1) is 10.2. The fraction of sp³-hybridized carbons (Fsp3) is 0.529. The van der Waals surface area contributed by atoms with Gasteiger partial charge in [0.05, 0.1) is 5.92 Å². The Balaban J connectivity index is 2.03.